The van der Waals surface area contributed by atoms with Crippen molar-refractivity contribution in [1.82, 2.24) is 4.90 Å². The molecular weight excluding hydrogens is 420 g/mol. The van der Waals surface area contributed by atoms with Crippen LogP contribution in [0, 0.1) is 5.92 Å². The number of rotatable bonds is 7. The number of nitrogens with zero attached hydrogens (tertiary/aromatic N) is 2. The number of ether oxygens (including phenoxy) is 2. The van der Waals surface area contributed by atoms with Crippen molar-refractivity contribution in [2.75, 3.05) is 6.61 Å². The molecule has 0 bridgehead atoms. The molecule has 0 N–H and O–H groups in total. The summed E-state index contributed by atoms with van der Waals surface area (Å²) in [5.74, 6) is 0.636. The highest BCUT2D eigenvalue weighted by molar-refractivity contribution is 6.07. The topological polar surface area (TPSA) is 77.4 Å². The van der Waals surface area contributed by atoms with Crippen LogP contribution in [0.4, 0.5) is 4.79 Å². The summed E-state index contributed by atoms with van der Waals surface area (Å²) in [5.41, 5.74) is 1.62. The molecule has 0 aromatic heterocycles. The lowest BCUT2D eigenvalue weighted by atomic mass is 9.91. The van der Waals surface area contributed by atoms with E-state index >= 15 is 0 Å². The van der Waals surface area contributed by atoms with Gasteiger partial charge in [-0.05, 0) is 43.9 Å². The Hall–Kier alpha value is -3.35. The Bertz CT molecular complexity index is 1050. The minimum Gasteiger partial charge on any atom is -0.493 e. The van der Waals surface area contributed by atoms with Crippen molar-refractivity contribution in [2.24, 2.45) is 11.1 Å². The second-order valence-corrected chi connectivity index (χ2v) is 9.42. The van der Waals surface area contributed by atoms with E-state index in [4.69, 9.17) is 14.3 Å². The van der Waals surface area contributed by atoms with Gasteiger partial charge in [0.25, 0.3) is 5.91 Å². The zero-order chi connectivity index (χ0) is 23.6. The molecule has 0 aliphatic carbocycles. The highest BCUT2D eigenvalue weighted by Crippen LogP contribution is 2.34. The molecule has 33 heavy (non-hydrogen) atoms. The van der Waals surface area contributed by atoms with Crippen LogP contribution in [0.25, 0.3) is 0 Å². The number of para-hydroxylation sites is 1. The highest BCUT2D eigenvalue weighted by Gasteiger charge is 2.52. The zero-order valence-electron chi connectivity index (χ0n) is 19.5. The van der Waals surface area contributed by atoms with Gasteiger partial charge in [0.15, 0.2) is 0 Å². The Morgan fingerprint density at radius 2 is 1.85 bits per heavy atom. The van der Waals surface area contributed by atoms with Crippen LogP contribution in [0.15, 0.2) is 59.8 Å². The molecule has 174 valence electrons. The van der Waals surface area contributed by atoms with Crippen LogP contribution in [-0.2, 0) is 20.8 Å². The lowest BCUT2D eigenvalue weighted by Crippen LogP contribution is -2.49. The maximum Gasteiger partial charge on any atom is 0.417 e. The van der Waals surface area contributed by atoms with Crippen LogP contribution < -0.4 is 4.74 Å². The number of hydrogen-bond donors (Lipinski definition) is 0. The van der Waals surface area contributed by atoms with Gasteiger partial charge in [0.1, 0.15) is 11.4 Å². The number of carbonyl (C=O) groups is 2. The SMILES string of the molecule is CC(C)COc1ccccc1C1=NO[C@H](C(=O)N2C(=O)OC(C)(C)[C@@H]2Cc2ccccc2)C1. The van der Waals surface area contributed by atoms with Gasteiger partial charge < -0.3 is 14.3 Å². The average molecular weight is 451 g/mol. The predicted molar refractivity (Wildman–Crippen MR) is 124 cm³/mol. The average Bonchev–Trinajstić information content (AvgIpc) is 3.35. The Kier molecular flexibility index (Phi) is 6.40. The predicted octanol–water partition coefficient (Wildman–Crippen LogP) is 4.58. The van der Waals surface area contributed by atoms with E-state index in [0.29, 0.717) is 30.4 Å². The maximum atomic E-state index is 13.4. The van der Waals surface area contributed by atoms with Crippen molar-refractivity contribution in [3.8, 4) is 5.75 Å². The van der Waals surface area contributed by atoms with E-state index in [1.807, 2.05) is 68.4 Å². The number of benzene rings is 2. The van der Waals surface area contributed by atoms with Crippen molar-refractivity contribution in [3.63, 3.8) is 0 Å². The third-order valence-corrected chi connectivity index (χ3v) is 5.88. The minimum atomic E-state index is -0.891. The molecule has 7 nitrogen and oxygen atoms in total. The molecule has 2 atom stereocenters. The van der Waals surface area contributed by atoms with Crippen LogP contribution >= 0.6 is 0 Å². The number of amides is 2. The molecule has 2 heterocycles. The number of imide groups is 1. The van der Waals surface area contributed by atoms with Gasteiger partial charge in [-0.1, -0.05) is 61.5 Å². The van der Waals surface area contributed by atoms with Crippen LogP contribution in [0.3, 0.4) is 0 Å². The fourth-order valence-electron chi connectivity index (χ4n) is 4.11. The first-order chi connectivity index (χ1) is 15.8. The first-order valence-electron chi connectivity index (χ1n) is 11.3. The van der Waals surface area contributed by atoms with Crippen LogP contribution in [0.5, 0.6) is 5.75 Å². The first kappa shape index (κ1) is 22.8. The number of carbonyl (C=O) groups excluding carboxylic acids is 2. The summed E-state index contributed by atoms with van der Waals surface area (Å²) in [6.07, 6.45) is -0.789. The standard InChI is InChI=1S/C26H30N2O5/c1-17(2)16-31-21-13-9-8-12-19(21)20-15-22(33-27-20)24(29)28-23(26(3,4)32-25(28)30)14-18-10-6-5-7-11-18/h5-13,17,22-23H,14-16H2,1-4H3/t22-,23-/m0/s1. The van der Waals surface area contributed by atoms with E-state index in [9.17, 15) is 9.59 Å². The quantitative estimate of drug-likeness (QED) is 0.617. The molecule has 2 aliphatic heterocycles. The van der Waals surface area contributed by atoms with Gasteiger partial charge in [-0.2, -0.15) is 0 Å². The second-order valence-electron chi connectivity index (χ2n) is 9.42. The molecule has 0 unspecified atom stereocenters. The largest absolute Gasteiger partial charge is 0.493 e. The Morgan fingerprint density at radius 1 is 1.15 bits per heavy atom. The lowest BCUT2D eigenvalue weighted by molar-refractivity contribution is -0.140. The zero-order valence-corrected chi connectivity index (χ0v) is 19.5. The van der Waals surface area contributed by atoms with Crippen LogP contribution in [-0.4, -0.2) is 47.0 Å². The van der Waals surface area contributed by atoms with Gasteiger partial charge >= 0.3 is 6.09 Å². The summed E-state index contributed by atoms with van der Waals surface area (Å²) < 4.78 is 11.5. The molecule has 2 aromatic rings. The molecule has 0 spiro atoms. The Balaban J connectivity index is 1.50. The molecule has 0 saturated carbocycles. The fraction of sp³-hybridized carbons (Fsp3) is 0.423. The van der Waals surface area contributed by atoms with Crippen molar-refractivity contribution in [1.29, 1.82) is 0 Å². The molecule has 7 heteroatoms. The summed E-state index contributed by atoms with van der Waals surface area (Å²) >= 11 is 0. The molecule has 1 fully saturated rings. The van der Waals surface area contributed by atoms with E-state index in [-0.39, 0.29) is 6.42 Å². The molecule has 0 radical (unpaired) electrons. The summed E-state index contributed by atoms with van der Waals surface area (Å²) in [6.45, 7) is 8.38. The molecule has 4 rings (SSSR count). The highest BCUT2D eigenvalue weighted by atomic mass is 16.6. The van der Waals surface area contributed by atoms with E-state index < -0.39 is 29.7 Å². The molecule has 1 saturated heterocycles. The van der Waals surface area contributed by atoms with Gasteiger partial charge in [-0.3, -0.25) is 4.79 Å². The van der Waals surface area contributed by atoms with Gasteiger partial charge in [-0.25, -0.2) is 9.69 Å². The Morgan fingerprint density at radius 3 is 2.58 bits per heavy atom. The smallest absolute Gasteiger partial charge is 0.417 e. The normalized spacial score (nSPS) is 21.5. The molecule has 2 aromatic carbocycles. The van der Waals surface area contributed by atoms with Gasteiger partial charge in [0, 0.05) is 12.0 Å². The van der Waals surface area contributed by atoms with Gasteiger partial charge in [0.2, 0.25) is 6.10 Å². The van der Waals surface area contributed by atoms with Crippen LogP contribution in [0.1, 0.15) is 45.2 Å². The monoisotopic (exact) mass is 450 g/mol. The summed E-state index contributed by atoms with van der Waals surface area (Å²) in [5, 5.41) is 4.18. The minimum absolute atomic E-state index is 0.253. The van der Waals surface area contributed by atoms with Crippen molar-refractivity contribution in [3.05, 3.63) is 65.7 Å². The van der Waals surface area contributed by atoms with E-state index in [0.717, 1.165) is 11.1 Å². The Labute approximate surface area is 194 Å². The second kappa shape index (κ2) is 9.25. The van der Waals surface area contributed by atoms with E-state index in [2.05, 4.69) is 19.0 Å². The summed E-state index contributed by atoms with van der Waals surface area (Å²) in [6, 6.07) is 16.9. The number of hydrogen-bond acceptors (Lipinski definition) is 6. The summed E-state index contributed by atoms with van der Waals surface area (Å²) in [4.78, 5) is 32.9. The van der Waals surface area contributed by atoms with Crippen molar-refractivity contribution >= 4 is 17.7 Å². The number of cyclic esters (lactones) is 1. The van der Waals surface area contributed by atoms with Gasteiger partial charge in [0.05, 0.1) is 18.4 Å². The fourth-order valence-corrected chi connectivity index (χ4v) is 4.11. The van der Waals surface area contributed by atoms with Gasteiger partial charge in [-0.15, -0.1) is 0 Å². The van der Waals surface area contributed by atoms with Crippen LogP contribution in [0.2, 0.25) is 0 Å². The third-order valence-electron chi connectivity index (χ3n) is 5.88. The molecule has 2 aliphatic rings. The molecule has 2 amide bonds. The lowest BCUT2D eigenvalue weighted by Gasteiger charge is -2.28. The summed E-state index contributed by atoms with van der Waals surface area (Å²) in [7, 11) is 0. The van der Waals surface area contributed by atoms with E-state index in [1.54, 1.807) is 0 Å². The first-order valence-corrected chi connectivity index (χ1v) is 11.3. The third kappa shape index (κ3) is 4.87. The van der Waals surface area contributed by atoms with Crippen molar-refractivity contribution in [2.45, 2.75) is 58.3 Å². The number of oxime groups is 1. The van der Waals surface area contributed by atoms with E-state index in [1.165, 1.54) is 4.90 Å². The van der Waals surface area contributed by atoms with Crippen molar-refractivity contribution < 1.29 is 23.9 Å². The maximum absolute atomic E-state index is 13.4. The molecular formula is C26H30N2O5.